The summed E-state index contributed by atoms with van der Waals surface area (Å²) in [4.78, 5) is 0. The highest BCUT2D eigenvalue weighted by molar-refractivity contribution is 5.65. The van der Waals surface area contributed by atoms with Crippen LogP contribution in [0.3, 0.4) is 0 Å². The van der Waals surface area contributed by atoms with Crippen LogP contribution in [-0.2, 0) is 17.8 Å². The fourth-order valence-corrected chi connectivity index (χ4v) is 2.80. The largest absolute Gasteiger partial charge is 0.481 e. The van der Waals surface area contributed by atoms with Crippen LogP contribution in [0.1, 0.15) is 68.6 Å². The molecular formula is C19H26O. The van der Waals surface area contributed by atoms with Crippen LogP contribution in [-0.4, -0.2) is 0 Å². The molecule has 1 aromatic rings. The summed E-state index contributed by atoms with van der Waals surface area (Å²) in [7, 11) is 0. The number of fused-ring (bicyclic) bond motifs is 1. The quantitative estimate of drug-likeness (QED) is 0.439. The first-order valence-electron chi connectivity index (χ1n) is 8.00. The molecule has 0 aliphatic carbocycles. The van der Waals surface area contributed by atoms with Gasteiger partial charge in [0.1, 0.15) is 6.61 Å². The molecule has 2 rings (SSSR count). The van der Waals surface area contributed by atoms with Crippen LogP contribution >= 0.6 is 0 Å². The Labute approximate surface area is 123 Å². The maximum absolute atomic E-state index is 5.55. The van der Waals surface area contributed by atoms with Gasteiger partial charge in [0.2, 0.25) is 0 Å². The molecule has 1 heteroatoms. The summed E-state index contributed by atoms with van der Waals surface area (Å²) in [5.74, 6) is 0.808. The van der Waals surface area contributed by atoms with Gasteiger partial charge in [-0.3, -0.25) is 0 Å². The van der Waals surface area contributed by atoms with Crippen molar-refractivity contribution in [3.05, 3.63) is 47.2 Å². The van der Waals surface area contributed by atoms with E-state index < -0.39 is 0 Å². The average Bonchev–Trinajstić information content (AvgIpc) is 2.88. The maximum Gasteiger partial charge on any atom is 0.169 e. The summed E-state index contributed by atoms with van der Waals surface area (Å²) >= 11 is 0. The van der Waals surface area contributed by atoms with Crippen molar-refractivity contribution in [2.24, 2.45) is 0 Å². The predicted octanol–water partition coefficient (Wildman–Crippen LogP) is 5.64. The van der Waals surface area contributed by atoms with Crippen LogP contribution in [0, 0.1) is 0 Å². The summed E-state index contributed by atoms with van der Waals surface area (Å²) in [6.07, 6.45) is 10.8. The lowest BCUT2D eigenvalue weighted by atomic mass is 10.0. The van der Waals surface area contributed by atoms with Gasteiger partial charge in [-0.05, 0) is 24.5 Å². The molecule has 108 valence electrons. The van der Waals surface area contributed by atoms with Crippen molar-refractivity contribution in [1.29, 1.82) is 0 Å². The van der Waals surface area contributed by atoms with Crippen molar-refractivity contribution in [2.45, 2.75) is 64.9 Å². The lowest BCUT2D eigenvalue weighted by Gasteiger charge is -2.04. The van der Waals surface area contributed by atoms with Crippen LogP contribution in [0.15, 0.2) is 30.5 Å². The molecule has 0 bridgehead atoms. The molecule has 0 spiro atoms. The van der Waals surface area contributed by atoms with E-state index in [9.17, 15) is 0 Å². The summed E-state index contributed by atoms with van der Waals surface area (Å²) in [5, 5.41) is 0. The van der Waals surface area contributed by atoms with E-state index in [2.05, 4.69) is 37.4 Å². The van der Waals surface area contributed by atoms with Gasteiger partial charge in [0.25, 0.3) is 0 Å². The number of hydrogen-bond donors (Lipinski definition) is 0. The van der Waals surface area contributed by atoms with E-state index in [4.69, 9.17) is 4.74 Å². The molecule has 1 aliphatic rings. The van der Waals surface area contributed by atoms with E-state index in [0.29, 0.717) is 6.61 Å². The van der Waals surface area contributed by atoms with Crippen molar-refractivity contribution < 1.29 is 4.74 Å². The Morgan fingerprint density at radius 1 is 1.10 bits per heavy atom. The van der Waals surface area contributed by atoms with E-state index in [1.54, 1.807) is 0 Å². The number of benzene rings is 1. The van der Waals surface area contributed by atoms with Gasteiger partial charge in [-0.15, -0.1) is 0 Å². The number of hydrogen-bond acceptors (Lipinski definition) is 1. The van der Waals surface area contributed by atoms with Crippen molar-refractivity contribution in [1.82, 2.24) is 0 Å². The summed E-state index contributed by atoms with van der Waals surface area (Å²) in [5.41, 5.74) is 6.76. The van der Waals surface area contributed by atoms with Gasteiger partial charge in [-0.25, -0.2) is 0 Å². The second kappa shape index (κ2) is 7.97. The van der Waals surface area contributed by atoms with Crippen LogP contribution in [0.5, 0.6) is 0 Å². The highest BCUT2D eigenvalue weighted by Gasteiger charge is 2.16. The minimum Gasteiger partial charge on any atom is -0.481 e. The number of aryl methyl sites for hydroxylation is 1. The fraction of sp³-hybridized carbons (Fsp3) is 0.526. The van der Waals surface area contributed by atoms with Gasteiger partial charge in [-0.2, -0.15) is 0 Å². The molecule has 0 fully saturated rings. The molecule has 0 N–H and O–H groups in total. The molecule has 0 saturated carbocycles. The van der Waals surface area contributed by atoms with Gasteiger partial charge < -0.3 is 4.74 Å². The summed E-state index contributed by atoms with van der Waals surface area (Å²) < 4.78 is 5.55. The SMILES string of the molecule is C=C=C1OCc2cc(CCCCCCCCC)ccc21. The molecule has 0 saturated heterocycles. The first-order chi connectivity index (χ1) is 9.85. The number of unbranched alkanes of at least 4 members (excludes halogenated alkanes) is 6. The zero-order valence-corrected chi connectivity index (χ0v) is 12.7. The van der Waals surface area contributed by atoms with E-state index in [0.717, 1.165) is 5.76 Å². The smallest absolute Gasteiger partial charge is 0.169 e. The highest BCUT2D eigenvalue weighted by Crippen LogP contribution is 2.29. The monoisotopic (exact) mass is 270 g/mol. The van der Waals surface area contributed by atoms with Crippen LogP contribution in [0.25, 0.3) is 5.76 Å². The Morgan fingerprint density at radius 2 is 1.85 bits per heavy atom. The lowest BCUT2D eigenvalue weighted by molar-refractivity contribution is 0.286. The van der Waals surface area contributed by atoms with Crippen LogP contribution in [0.4, 0.5) is 0 Å². The molecule has 20 heavy (non-hydrogen) atoms. The summed E-state index contributed by atoms with van der Waals surface area (Å²) in [6, 6.07) is 6.67. The Balaban J connectivity index is 1.74. The highest BCUT2D eigenvalue weighted by atomic mass is 16.5. The molecule has 0 radical (unpaired) electrons. The zero-order valence-electron chi connectivity index (χ0n) is 12.7. The molecule has 1 heterocycles. The first-order valence-corrected chi connectivity index (χ1v) is 8.00. The average molecular weight is 270 g/mol. The Kier molecular flexibility index (Phi) is 5.95. The van der Waals surface area contributed by atoms with Crippen LogP contribution in [0.2, 0.25) is 0 Å². The Morgan fingerprint density at radius 3 is 2.60 bits per heavy atom. The fourth-order valence-electron chi connectivity index (χ4n) is 2.80. The molecule has 0 unspecified atom stereocenters. The topological polar surface area (TPSA) is 9.23 Å². The van der Waals surface area contributed by atoms with Gasteiger partial charge in [0.15, 0.2) is 5.76 Å². The van der Waals surface area contributed by atoms with Gasteiger partial charge in [-0.1, -0.05) is 69.9 Å². The van der Waals surface area contributed by atoms with Crippen molar-refractivity contribution >= 4 is 5.76 Å². The molecule has 0 aromatic heterocycles. The molecular weight excluding hydrogens is 244 g/mol. The second-order valence-electron chi connectivity index (χ2n) is 5.66. The first kappa shape index (κ1) is 14.9. The standard InChI is InChI=1S/C19H26O/c1-3-5-6-7-8-9-10-11-16-12-13-18-17(14-16)15-20-19(18)4-2/h12-14H,2-3,5-11,15H2,1H3. The summed E-state index contributed by atoms with van der Waals surface area (Å²) in [6.45, 7) is 6.62. The third kappa shape index (κ3) is 4.02. The van der Waals surface area contributed by atoms with Gasteiger partial charge in [0.05, 0.1) is 0 Å². The molecule has 1 aromatic carbocycles. The van der Waals surface area contributed by atoms with E-state index in [1.165, 1.54) is 68.1 Å². The molecule has 1 nitrogen and oxygen atoms in total. The molecule has 0 atom stereocenters. The van der Waals surface area contributed by atoms with E-state index >= 15 is 0 Å². The third-order valence-corrected chi connectivity index (χ3v) is 4.02. The minimum atomic E-state index is 0.679. The van der Waals surface area contributed by atoms with Gasteiger partial charge >= 0.3 is 0 Å². The van der Waals surface area contributed by atoms with Crippen LogP contribution < -0.4 is 0 Å². The Hall–Kier alpha value is -1.46. The molecule has 1 aliphatic heterocycles. The minimum absolute atomic E-state index is 0.679. The second-order valence-corrected chi connectivity index (χ2v) is 5.66. The normalized spacial score (nSPS) is 12.9. The van der Waals surface area contributed by atoms with E-state index in [1.807, 2.05) is 0 Å². The zero-order chi connectivity index (χ0) is 14.2. The Bertz CT molecular complexity index is 481. The van der Waals surface area contributed by atoms with Gasteiger partial charge in [0, 0.05) is 11.1 Å². The number of rotatable bonds is 8. The van der Waals surface area contributed by atoms with Crippen molar-refractivity contribution in [3.8, 4) is 0 Å². The van der Waals surface area contributed by atoms with E-state index in [-0.39, 0.29) is 0 Å². The lowest BCUT2D eigenvalue weighted by Crippen LogP contribution is -1.90. The maximum atomic E-state index is 5.55. The predicted molar refractivity (Wildman–Crippen MR) is 85.5 cm³/mol. The third-order valence-electron chi connectivity index (χ3n) is 4.02. The molecule has 0 amide bonds. The van der Waals surface area contributed by atoms with Crippen molar-refractivity contribution in [3.63, 3.8) is 0 Å². The van der Waals surface area contributed by atoms with Crippen molar-refractivity contribution in [2.75, 3.05) is 0 Å². The number of ether oxygens (including phenoxy) is 1.